The fourth-order valence-electron chi connectivity index (χ4n) is 2.54. The lowest BCUT2D eigenvalue weighted by Crippen LogP contribution is -2.38. The van der Waals surface area contributed by atoms with Gasteiger partial charge in [-0.05, 0) is 18.2 Å². The normalized spacial score (nSPS) is 16.3. The van der Waals surface area contributed by atoms with Crippen LogP contribution in [-0.2, 0) is 6.61 Å². The van der Waals surface area contributed by atoms with Crippen molar-refractivity contribution in [3.8, 4) is 11.5 Å². The summed E-state index contributed by atoms with van der Waals surface area (Å²) in [5.74, 6) is 0.910. The Morgan fingerprint density at radius 1 is 1.48 bits per heavy atom. The van der Waals surface area contributed by atoms with E-state index in [1.165, 1.54) is 0 Å². The molecule has 2 aromatic rings. The van der Waals surface area contributed by atoms with Crippen molar-refractivity contribution in [2.24, 2.45) is 0 Å². The summed E-state index contributed by atoms with van der Waals surface area (Å²) >= 11 is 6.13. The molecule has 0 aliphatic carbocycles. The standard InChI is InChI=1S/C17H18ClN3O4/c1-24-13-4-5-16(14(18)8-13)25-10-11-7-15(20-19-11)17(23)21-6-2-3-12(21)9-22/h2-5,7-8,12,22H,6,9-10H2,1H3,(H,19,20). The van der Waals surface area contributed by atoms with Gasteiger partial charge in [-0.1, -0.05) is 23.8 Å². The van der Waals surface area contributed by atoms with Crippen LogP contribution in [0.3, 0.4) is 0 Å². The van der Waals surface area contributed by atoms with Gasteiger partial charge in [0.25, 0.3) is 5.91 Å². The van der Waals surface area contributed by atoms with Crippen LogP contribution in [0, 0.1) is 0 Å². The molecule has 0 saturated heterocycles. The van der Waals surface area contributed by atoms with E-state index in [0.29, 0.717) is 28.8 Å². The predicted octanol–water partition coefficient (Wildman–Crippen LogP) is 2.02. The number of amides is 1. The number of nitrogens with zero attached hydrogens (tertiary/aromatic N) is 2. The van der Waals surface area contributed by atoms with E-state index in [-0.39, 0.29) is 30.9 Å². The lowest BCUT2D eigenvalue weighted by Gasteiger charge is -2.21. The van der Waals surface area contributed by atoms with Gasteiger partial charge < -0.3 is 19.5 Å². The molecular weight excluding hydrogens is 346 g/mol. The van der Waals surface area contributed by atoms with Crippen LogP contribution in [-0.4, -0.2) is 52.4 Å². The predicted molar refractivity (Wildman–Crippen MR) is 92.0 cm³/mol. The van der Waals surface area contributed by atoms with Crippen LogP contribution in [0.5, 0.6) is 11.5 Å². The highest BCUT2D eigenvalue weighted by Gasteiger charge is 2.26. The number of H-pyrrole nitrogens is 1. The fraction of sp³-hybridized carbons (Fsp3) is 0.294. The zero-order chi connectivity index (χ0) is 17.8. The van der Waals surface area contributed by atoms with Gasteiger partial charge in [-0.25, -0.2) is 0 Å². The smallest absolute Gasteiger partial charge is 0.275 e. The van der Waals surface area contributed by atoms with E-state index in [0.717, 1.165) is 0 Å². The third-order valence-electron chi connectivity index (χ3n) is 3.88. The number of carbonyl (C=O) groups excluding carboxylic acids is 1. The molecule has 1 aliphatic heterocycles. The van der Waals surface area contributed by atoms with Crippen LogP contribution in [0.4, 0.5) is 0 Å². The van der Waals surface area contributed by atoms with Gasteiger partial charge in [0.2, 0.25) is 0 Å². The monoisotopic (exact) mass is 363 g/mol. The van der Waals surface area contributed by atoms with Gasteiger partial charge in [-0.3, -0.25) is 9.89 Å². The molecule has 3 rings (SSSR count). The molecule has 8 heteroatoms. The lowest BCUT2D eigenvalue weighted by molar-refractivity contribution is 0.0694. The molecule has 1 aromatic heterocycles. The van der Waals surface area contributed by atoms with Gasteiger partial charge in [0.15, 0.2) is 5.69 Å². The molecule has 1 unspecified atom stereocenters. The Bertz CT molecular complexity index is 790. The number of benzene rings is 1. The molecule has 132 valence electrons. The summed E-state index contributed by atoms with van der Waals surface area (Å²) in [6.07, 6.45) is 3.65. The number of hydrogen-bond acceptors (Lipinski definition) is 5. The first-order valence-corrected chi connectivity index (χ1v) is 8.09. The van der Waals surface area contributed by atoms with Gasteiger partial charge in [-0.2, -0.15) is 5.10 Å². The second-order valence-electron chi connectivity index (χ2n) is 5.50. The van der Waals surface area contributed by atoms with Crippen molar-refractivity contribution >= 4 is 17.5 Å². The number of methoxy groups -OCH3 is 1. The molecule has 0 saturated carbocycles. The number of ether oxygens (including phenoxy) is 2. The van der Waals surface area contributed by atoms with Crippen LogP contribution in [0.25, 0.3) is 0 Å². The van der Waals surface area contributed by atoms with Crippen LogP contribution in [0.1, 0.15) is 16.2 Å². The first-order valence-electron chi connectivity index (χ1n) is 7.71. The Morgan fingerprint density at radius 2 is 2.32 bits per heavy atom. The van der Waals surface area contributed by atoms with Gasteiger partial charge in [0, 0.05) is 12.6 Å². The highest BCUT2D eigenvalue weighted by molar-refractivity contribution is 6.32. The molecule has 2 heterocycles. The first kappa shape index (κ1) is 17.3. The van der Waals surface area contributed by atoms with Crippen LogP contribution in [0.15, 0.2) is 36.4 Å². The number of aliphatic hydroxyl groups excluding tert-OH is 1. The van der Waals surface area contributed by atoms with Crippen molar-refractivity contribution in [1.82, 2.24) is 15.1 Å². The maximum absolute atomic E-state index is 12.4. The Labute approximate surface area is 149 Å². The lowest BCUT2D eigenvalue weighted by atomic mass is 10.2. The molecule has 1 aromatic carbocycles. The van der Waals surface area contributed by atoms with Gasteiger partial charge in [-0.15, -0.1) is 0 Å². The Hall–Kier alpha value is -2.51. The molecule has 1 amide bonds. The number of carbonyl (C=O) groups is 1. The molecule has 25 heavy (non-hydrogen) atoms. The van der Waals surface area contributed by atoms with Crippen LogP contribution in [0.2, 0.25) is 5.02 Å². The van der Waals surface area contributed by atoms with E-state index < -0.39 is 0 Å². The number of aromatic nitrogens is 2. The van der Waals surface area contributed by atoms with Crippen molar-refractivity contribution in [3.05, 3.63) is 52.8 Å². The molecule has 0 bridgehead atoms. The average Bonchev–Trinajstić information content (AvgIpc) is 3.29. The average molecular weight is 364 g/mol. The molecule has 2 N–H and O–H groups in total. The van der Waals surface area contributed by atoms with E-state index >= 15 is 0 Å². The number of nitrogens with one attached hydrogen (secondary N) is 1. The number of aromatic amines is 1. The first-order chi connectivity index (χ1) is 12.1. The second-order valence-corrected chi connectivity index (χ2v) is 5.91. The molecule has 1 atom stereocenters. The summed E-state index contributed by atoms with van der Waals surface area (Å²) in [4.78, 5) is 14.0. The van der Waals surface area contributed by atoms with E-state index in [4.69, 9.17) is 21.1 Å². The number of rotatable bonds is 6. The Kier molecular flexibility index (Phi) is 5.25. The van der Waals surface area contributed by atoms with Crippen molar-refractivity contribution in [1.29, 1.82) is 0 Å². The summed E-state index contributed by atoms with van der Waals surface area (Å²) < 4.78 is 10.7. The third-order valence-corrected chi connectivity index (χ3v) is 4.18. The Morgan fingerprint density at radius 3 is 3.04 bits per heavy atom. The summed E-state index contributed by atoms with van der Waals surface area (Å²) in [7, 11) is 1.56. The molecule has 1 aliphatic rings. The third kappa shape index (κ3) is 3.78. The molecule has 0 radical (unpaired) electrons. The zero-order valence-electron chi connectivity index (χ0n) is 13.6. The quantitative estimate of drug-likeness (QED) is 0.767. The Balaban J connectivity index is 1.63. The van der Waals surface area contributed by atoms with E-state index in [1.54, 1.807) is 42.4 Å². The minimum absolute atomic E-state index is 0.113. The maximum atomic E-state index is 12.4. The summed E-state index contributed by atoms with van der Waals surface area (Å²) in [5.41, 5.74) is 0.921. The maximum Gasteiger partial charge on any atom is 0.275 e. The van der Waals surface area contributed by atoms with E-state index in [2.05, 4.69) is 10.2 Å². The molecular formula is C17H18ClN3O4. The van der Waals surface area contributed by atoms with Crippen molar-refractivity contribution < 1.29 is 19.4 Å². The van der Waals surface area contributed by atoms with E-state index in [1.807, 2.05) is 6.08 Å². The number of aliphatic hydroxyl groups is 1. The zero-order valence-corrected chi connectivity index (χ0v) is 14.4. The second kappa shape index (κ2) is 7.58. The molecule has 0 fully saturated rings. The van der Waals surface area contributed by atoms with Gasteiger partial charge in [0.05, 0.1) is 30.5 Å². The highest BCUT2D eigenvalue weighted by Crippen LogP contribution is 2.29. The van der Waals surface area contributed by atoms with Gasteiger partial charge >= 0.3 is 0 Å². The highest BCUT2D eigenvalue weighted by atomic mass is 35.5. The topological polar surface area (TPSA) is 87.7 Å². The van der Waals surface area contributed by atoms with Crippen LogP contribution < -0.4 is 9.47 Å². The van der Waals surface area contributed by atoms with Crippen molar-refractivity contribution in [2.45, 2.75) is 12.6 Å². The largest absolute Gasteiger partial charge is 0.497 e. The minimum atomic E-state index is -0.304. The molecule has 7 nitrogen and oxygen atoms in total. The summed E-state index contributed by atoms with van der Waals surface area (Å²) in [6.45, 7) is 0.539. The minimum Gasteiger partial charge on any atom is -0.497 e. The summed E-state index contributed by atoms with van der Waals surface area (Å²) in [6, 6.07) is 6.45. The SMILES string of the molecule is COc1ccc(OCc2cc(C(=O)N3CC=CC3CO)n[nH]2)c(Cl)c1. The fourth-order valence-corrected chi connectivity index (χ4v) is 2.76. The van der Waals surface area contributed by atoms with Gasteiger partial charge in [0.1, 0.15) is 18.1 Å². The summed E-state index contributed by atoms with van der Waals surface area (Å²) in [5, 5.41) is 16.5. The van der Waals surface area contributed by atoms with Crippen molar-refractivity contribution in [2.75, 3.05) is 20.3 Å². The molecule has 0 spiro atoms. The van der Waals surface area contributed by atoms with E-state index in [9.17, 15) is 9.90 Å². The number of hydrogen-bond donors (Lipinski definition) is 2. The van der Waals surface area contributed by atoms with Crippen LogP contribution >= 0.6 is 11.6 Å². The number of halogens is 1. The van der Waals surface area contributed by atoms with Crippen molar-refractivity contribution in [3.63, 3.8) is 0 Å².